The van der Waals surface area contributed by atoms with Crippen molar-refractivity contribution < 1.29 is 14.0 Å². The third-order valence-electron chi connectivity index (χ3n) is 4.48. The molecule has 0 spiro atoms. The van der Waals surface area contributed by atoms with E-state index in [4.69, 9.17) is 16.0 Å². The number of halogens is 1. The predicted octanol–water partition coefficient (Wildman–Crippen LogP) is 3.90. The highest BCUT2D eigenvalue weighted by atomic mass is 35.5. The molecule has 0 aliphatic carbocycles. The molecule has 0 unspecified atom stereocenters. The van der Waals surface area contributed by atoms with Crippen LogP contribution in [0.4, 0.5) is 11.4 Å². The lowest BCUT2D eigenvalue weighted by Gasteiger charge is -2.22. The van der Waals surface area contributed by atoms with Crippen LogP contribution in [0.25, 0.3) is 0 Å². The van der Waals surface area contributed by atoms with Crippen LogP contribution in [-0.4, -0.2) is 24.9 Å². The summed E-state index contributed by atoms with van der Waals surface area (Å²) in [5, 5.41) is 9.21. The smallest absolute Gasteiger partial charge is 0.291 e. The Morgan fingerprint density at radius 2 is 2.00 bits per heavy atom. The SMILES string of the molecule is O=C(CCC1CCNCC1)Nc1ccc(NC(=O)c2ccco2)c(Cl)c1. The van der Waals surface area contributed by atoms with Gasteiger partial charge in [-0.3, -0.25) is 9.59 Å². The Balaban J connectivity index is 1.51. The molecule has 6 nitrogen and oxygen atoms in total. The zero-order valence-electron chi connectivity index (χ0n) is 14.4. The second-order valence-electron chi connectivity index (χ2n) is 6.41. The molecule has 1 saturated heterocycles. The van der Waals surface area contributed by atoms with Gasteiger partial charge in [0, 0.05) is 12.1 Å². The standard InChI is InChI=1S/C19H22ClN3O3/c20-15-12-14(22-18(24)6-3-13-7-9-21-10-8-13)4-5-16(15)23-19(25)17-2-1-11-26-17/h1-2,4-5,11-13,21H,3,6-10H2,(H,22,24)(H,23,25). The summed E-state index contributed by atoms with van der Waals surface area (Å²) in [5.41, 5.74) is 1.07. The van der Waals surface area contributed by atoms with E-state index in [1.54, 1.807) is 30.3 Å². The maximum atomic E-state index is 12.1. The summed E-state index contributed by atoms with van der Waals surface area (Å²) in [6, 6.07) is 8.21. The van der Waals surface area contributed by atoms with Gasteiger partial charge in [-0.1, -0.05) is 11.6 Å². The van der Waals surface area contributed by atoms with Crippen LogP contribution in [0.3, 0.4) is 0 Å². The van der Waals surface area contributed by atoms with Crippen LogP contribution in [0.5, 0.6) is 0 Å². The third kappa shape index (κ3) is 5.09. The molecule has 7 heteroatoms. The van der Waals surface area contributed by atoms with Gasteiger partial charge in [0.25, 0.3) is 5.91 Å². The first-order chi connectivity index (χ1) is 12.6. The number of carbonyl (C=O) groups excluding carboxylic acids is 2. The molecule has 1 fully saturated rings. The normalized spacial score (nSPS) is 14.8. The molecule has 3 rings (SSSR count). The van der Waals surface area contributed by atoms with E-state index in [1.165, 1.54) is 6.26 Å². The van der Waals surface area contributed by atoms with Gasteiger partial charge in [-0.2, -0.15) is 0 Å². The fourth-order valence-corrected chi connectivity index (χ4v) is 3.24. The summed E-state index contributed by atoms with van der Waals surface area (Å²) < 4.78 is 5.04. The molecular weight excluding hydrogens is 354 g/mol. The molecule has 3 N–H and O–H groups in total. The quantitative estimate of drug-likeness (QED) is 0.714. The number of hydrogen-bond acceptors (Lipinski definition) is 4. The molecule has 138 valence electrons. The largest absolute Gasteiger partial charge is 0.459 e. The lowest BCUT2D eigenvalue weighted by molar-refractivity contribution is -0.116. The maximum absolute atomic E-state index is 12.1. The van der Waals surface area contributed by atoms with Crippen LogP contribution in [0, 0.1) is 5.92 Å². The zero-order chi connectivity index (χ0) is 18.4. The van der Waals surface area contributed by atoms with Gasteiger partial charge in [-0.15, -0.1) is 0 Å². The second kappa shape index (κ2) is 8.87. The summed E-state index contributed by atoms with van der Waals surface area (Å²) in [6.45, 7) is 2.07. The molecule has 1 aromatic heterocycles. The van der Waals surface area contributed by atoms with E-state index in [0.29, 0.717) is 28.7 Å². The lowest BCUT2D eigenvalue weighted by Crippen LogP contribution is -2.28. The van der Waals surface area contributed by atoms with E-state index in [-0.39, 0.29) is 17.6 Å². The summed E-state index contributed by atoms with van der Waals surface area (Å²) in [6.07, 6.45) is 5.09. The third-order valence-corrected chi connectivity index (χ3v) is 4.80. The van der Waals surface area contributed by atoms with Crippen molar-refractivity contribution in [2.45, 2.75) is 25.7 Å². The van der Waals surface area contributed by atoms with Gasteiger partial charge in [0.15, 0.2) is 5.76 Å². The Hall–Kier alpha value is -2.31. The fraction of sp³-hybridized carbons (Fsp3) is 0.368. The van der Waals surface area contributed by atoms with E-state index >= 15 is 0 Å². The maximum Gasteiger partial charge on any atom is 0.291 e. The van der Waals surface area contributed by atoms with Crippen molar-refractivity contribution in [2.75, 3.05) is 23.7 Å². The van der Waals surface area contributed by atoms with E-state index in [0.717, 1.165) is 32.4 Å². The van der Waals surface area contributed by atoms with Gasteiger partial charge < -0.3 is 20.4 Å². The van der Waals surface area contributed by atoms with Crippen molar-refractivity contribution in [3.8, 4) is 0 Å². The molecule has 26 heavy (non-hydrogen) atoms. The highest BCUT2D eigenvalue weighted by Gasteiger charge is 2.15. The summed E-state index contributed by atoms with van der Waals surface area (Å²) in [5.74, 6) is 0.420. The molecule has 2 heterocycles. The van der Waals surface area contributed by atoms with Gasteiger partial charge in [-0.25, -0.2) is 0 Å². The zero-order valence-corrected chi connectivity index (χ0v) is 15.1. The molecule has 1 aromatic carbocycles. The van der Waals surface area contributed by atoms with E-state index < -0.39 is 0 Å². The van der Waals surface area contributed by atoms with Crippen molar-refractivity contribution in [3.63, 3.8) is 0 Å². The number of anilines is 2. The molecule has 1 aliphatic heterocycles. The molecule has 2 amide bonds. The van der Waals surface area contributed by atoms with E-state index in [1.807, 2.05) is 0 Å². The Kier molecular flexibility index (Phi) is 6.30. The van der Waals surface area contributed by atoms with Crippen molar-refractivity contribution >= 4 is 34.8 Å². The summed E-state index contributed by atoms with van der Waals surface area (Å²) >= 11 is 6.21. The van der Waals surface area contributed by atoms with Crippen LogP contribution in [0.2, 0.25) is 5.02 Å². The lowest BCUT2D eigenvalue weighted by atomic mass is 9.93. The van der Waals surface area contributed by atoms with Gasteiger partial charge >= 0.3 is 0 Å². The highest BCUT2D eigenvalue weighted by molar-refractivity contribution is 6.34. The minimum Gasteiger partial charge on any atom is -0.459 e. The van der Waals surface area contributed by atoms with Crippen molar-refractivity contribution in [1.29, 1.82) is 0 Å². The molecule has 0 atom stereocenters. The number of carbonyl (C=O) groups is 2. The van der Waals surface area contributed by atoms with Crippen LogP contribution >= 0.6 is 11.6 Å². The Morgan fingerprint density at radius 3 is 2.69 bits per heavy atom. The van der Waals surface area contributed by atoms with Crippen LogP contribution < -0.4 is 16.0 Å². The number of furan rings is 1. The minimum atomic E-state index is -0.379. The van der Waals surface area contributed by atoms with Crippen molar-refractivity contribution in [1.82, 2.24) is 5.32 Å². The Labute approximate surface area is 157 Å². The first-order valence-electron chi connectivity index (χ1n) is 8.77. The molecule has 0 saturated carbocycles. The molecular formula is C19H22ClN3O3. The predicted molar refractivity (Wildman–Crippen MR) is 102 cm³/mol. The number of nitrogens with one attached hydrogen (secondary N) is 3. The number of hydrogen-bond donors (Lipinski definition) is 3. The number of amides is 2. The van der Waals surface area contributed by atoms with Gasteiger partial charge in [0.05, 0.1) is 17.0 Å². The van der Waals surface area contributed by atoms with Crippen molar-refractivity contribution in [2.24, 2.45) is 5.92 Å². The number of piperidine rings is 1. The first kappa shape index (κ1) is 18.5. The molecule has 0 radical (unpaired) electrons. The number of rotatable bonds is 6. The molecule has 2 aromatic rings. The van der Waals surface area contributed by atoms with Crippen LogP contribution in [0.15, 0.2) is 41.0 Å². The van der Waals surface area contributed by atoms with Crippen LogP contribution in [-0.2, 0) is 4.79 Å². The van der Waals surface area contributed by atoms with Crippen molar-refractivity contribution in [3.05, 3.63) is 47.4 Å². The molecule has 1 aliphatic rings. The topological polar surface area (TPSA) is 83.4 Å². The summed E-state index contributed by atoms with van der Waals surface area (Å²) in [4.78, 5) is 24.1. The second-order valence-corrected chi connectivity index (χ2v) is 6.81. The Bertz CT molecular complexity index is 755. The van der Waals surface area contributed by atoms with E-state index in [9.17, 15) is 9.59 Å². The monoisotopic (exact) mass is 375 g/mol. The molecule has 0 bridgehead atoms. The van der Waals surface area contributed by atoms with E-state index in [2.05, 4.69) is 16.0 Å². The average molecular weight is 376 g/mol. The van der Waals surface area contributed by atoms with Crippen LogP contribution in [0.1, 0.15) is 36.2 Å². The highest BCUT2D eigenvalue weighted by Crippen LogP contribution is 2.26. The first-order valence-corrected chi connectivity index (χ1v) is 9.14. The number of benzene rings is 1. The van der Waals surface area contributed by atoms with Gasteiger partial charge in [-0.05, 0) is 68.6 Å². The Morgan fingerprint density at radius 1 is 1.19 bits per heavy atom. The van der Waals surface area contributed by atoms with Gasteiger partial charge in [0.2, 0.25) is 5.91 Å². The average Bonchev–Trinajstić information content (AvgIpc) is 3.18. The fourth-order valence-electron chi connectivity index (χ4n) is 3.01. The summed E-state index contributed by atoms with van der Waals surface area (Å²) in [7, 11) is 0. The van der Waals surface area contributed by atoms with Gasteiger partial charge in [0.1, 0.15) is 0 Å². The minimum absolute atomic E-state index is 0.0213.